The third-order valence-corrected chi connectivity index (χ3v) is 5.01. The number of aliphatic imine (C=N–C) groups is 1. The number of nitrogens with zero attached hydrogens (tertiary/aromatic N) is 2. The van der Waals surface area contributed by atoms with Gasteiger partial charge in [-0.3, -0.25) is 9.69 Å². The monoisotopic (exact) mass is 408 g/mol. The molecule has 0 aliphatic carbocycles. The molecule has 0 radical (unpaired) electrons. The molecule has 1 aliphatic rings. The van der Waals surface area contributed by atoms with Crippen LogP contribution in [0, 0.1) is 0 Å². The SMILES string of the molecule is C=CCN1C(=O)/C(=C/c2ccc(OCC)cc2)SC1=Nc1cccc(C(=O)O)c1. The van der Waals surface area contributed by atoms with Crippen molar-refractivity contribution < 1.29 is 19.4 Å². The molecule has 6 nitrogen and oxygen atoms in total. The Labute approximate surface area is 173 Å². The fraction of sp³-hybridized carbons (Fsp3) is 0.136. The number of thioether (sulfide) groups is 1. The smallest absolute Gasteiger partial charge is 0.335 e. The maximum Gasteiger partial charge on any atom is 0.335 e. The van der Waals surface area contributed by atoms with Crippen LogP contribution in [0.3, 0.4) is 0 Å². The van der Waals surface area contributed by atoms with E-state index in [2.05, 4.69) is 11.6 Å². The van der Waals surface area contributed by atoms with Gasteiger partial charge in [0, 0.05) is 6.54 Å². The van der Waals surface area contributed by atoms with Gasteiger partial charge in [0.15, 0.2) is 5.17 Å². The van der Waals surface area contributed by atoms with Gasteiger partial charge >= 0.3 is 5.97 Å². The topological polar surface area (TPSA) is 79.2 Å². The molecule has 1 heterocycles. The molecule has 0 atom stereocenters. The fourth-order valence-corrected chi connectivity index (χ4v) is 3.69. The Morgan fingerprint density at radius 2 is 2.03 bits per heavy atom. The first-order chi connectivity index (χ1) is 14.0. The van der Waals surface area contributed by atoms with Crippen LogP contribution in [0.2, 0.25) is 0 Å². The summed E-state index contributed by atoms with van der Waals surface area (Å²) in [6.07, 6.45) is 3.43. The van der Waals surface area contributed by atoms with Crippen molar-refractivity contribution in [2.75, 3.05) is 13.2 Å². The van der Waals surface area contributed by atoms with Crippen molar-refractivity contribution in [3.63, 3.8) is 0 Å². The maximum atomic E-state index is 12.8. The summed E-state index contributed by atoms with van der Waals surface area (Å²) in [5.41, 5.74) is 1.48. The number of carboxylic acid groups (broad SMARTS) is 1. The van der Waals surface area contributed by atoms with Crippen LogP contribution in [0.25, 0.3) is 6.08 Å². The second-order valence-corrected chi connectivity index (χ2v) is 7.08. The highest BCUT2D eigenvalue weighted by molar-refractivity contribution is 8.18. The summed E-state index contributed by atoms with van der Waals surface area (Å²) in [4.78, 5) is 30.6. The van der Waals surface area contributed by atoms with E-state index in [-0.39, 0.29) is 11.5 Å². The molecular formula is C22H20N2O4S. The summed E-state index contributed by atoms with van der Waals surface area (Å²) in [6.45, 7) is 6.53. The standard InChI is InChI=1S/C22H20N2O4S/c1-3-12-24-20(25)19(13-15-8-10-18(11-9-15)28-4-2)29-22(24)23-17-7-5-6-16(14-17)21(26)27/h3,5-11,13-14H,1,4,12H2,2H3,(H,26,27)/b19-13-,23-22?. The van der Waals surface area contributed by atoms with Crippen LogP contribution < -0.4 is 4.74 Å². The van der Waals surface area contributed by atoms with Crippen molar-refractivity contribution in [3.8, 4) is 5.75 Å². The van der Waals surface area contributed by atoms with E-state index in [0.717, 1.165) is 11.3 Å². The number of amidine groups is 1. The van der Waals surface area contributed by atoms with Gasteiger partial charge in [0.25, 0.3) is 5.91 Å². The number of amides is 1. The van der Waals surface area contributed by atoms with Crippen molar-refractivity contribution in [3.05, 3.63) is 77.2 Å². The minimum absolute atomic E-state index is 0.140. The molecule has 0 spiro atoms. The summed E-state index contributed by atoms with van der Waals surface area (Å²) >= 11 is 1.25. The van der Waals surface area contributed by atoms with Crippen LogP contribution in [-0.4, -0.2) is 40.2 Å². The van der Waals surface area contributed by atoms with Crippen LogP contribution in [0.15, 0.2) is 71.1 Å². The Kier molecular flexibility index (Phi) is 6.51. The summed E-state index contributed by atoms with van der Waals surface area (Å²) in [6, 6.07) is 13.8. The van der Waals surface area contributed by atoms with Crippen LogP contribution in [-0.2, 0) is 4.79 Å². The molecule has 1 saturated heterocycles. The zero-order valence-electron chi connectivity index (χ0n) is 15.9. The number of carbonyl (C=O) groups excluding carboxylic acids is 1. The molecule has 0 bridgehead atoms. The molecule has 1 aliphatic heterocycles. The molecule has 2 aromatic carbocycles. The zero-order valence-corrected chi connectivity index (χ0v) is 16.7. The fourth-order valence-electron chi connectivity index (χ4n) is 2.68. The highest BCUT2D eigenvalue weighted by Crippen LogP contribution is 2.34. The summed E-state index contributed by atoms with van der Waals surface area (Å²) < 4.78 is 5.44. The first-order valence-electron chi connectivity index (χ1n) is 8.99. The van der Waals surface area contributed by atoms with Crippen molar-refractivity contribution in [1.29, 1.82) is 0 Å². The van der Waals surface area contributed by atoms with E-state index >= 15 is 0 Å². The molecule has 1 amide bonds. The first kappa shape index (κ1) is 20.4. The molecule has 1 N–H and O–H groups in total. The van der Waals surface area contributed by atoms with Gasteiger partial charge in [-0.2, -0.15) is 0 Å². The molecule has 0 aromatic heterocycles. The molecule has 7 heteroatoms. The molecular weight excluding hydrogens is 388 g/mol. The minimum Gasteiger partial charge on any atom is -0.494 e. The molecule has 3 rings (SSSR count). The second-order valence-electron chi connectivity index (χ2n) is 6.07. The number of ether oxygens (including phenoxy) is 1. The van der Waals surface area contributed by atoms with E-state index in [1.54, 1.807) is 24.3 Å². The van der Waals surface area contributed by atoms with Crippen LogP contribution in [0.1, 0.15) is 22.8 Å². The highest BCUT2D eigenvalue weighted by Gasteiger charge is 2.32. The van der Waals surface area contributed by atoms with Gasteiger partial charge in [-0.25, -0.2) is 9.79 Å². The van der Waals surface area contributed by atoms with E-state index in [1.165, 1.54) is 28.8 Å². The lowest BCUT2D eigenvalue weighted by Crippen LogP contribution is -2.29. The van der Waals surface area contributed by atoms with Crippen molar-refractivity contribution in [2.24, 2.45) is 4.99 Å². The van der Waals surface area contributed by atoms with Gasteiger partial charge in [0.2, 0.25) is 0 Å². The average molecular weight is 408 g/mol. The molecule has 0 unspecified atom stereocenters. The lowest BCUT2D eigenvalue weighted by Gasteiger charge is -2.12. The third-order valence-electron chi connectivity index (χ3n) is 4.01. The Bertz CT molecular complexity index is 996. The highest BCUT2D eigenvalue weighted by atomic mass is 32.2. The van der Waals surface area contributed by atoms with Gasteiger partial charge < -0.3 is 9.84 Å². The number of hydrogen-bond donors (Lipinski definition) is 1. The zero-order chi connectivity index (χ0) is 20.8. The lowest BCUT2D eigenvalue weighted by molar-refractivity contribution is -0.121. The average Bonchev–Trinajstić information content (AvgIpc) is 2.99. The quantitative estimate of drug-likeness (QED) is 0.536. The lowest BCUT2D eigenvalue weighted by atomic mass is 10.2. The number of aromatic carboxylic acids is 1. The largest absolute Gasteiger partial charge is 0.494 e. The number of hydrogen-bond acceptors (Lipinski definition) is 5. The van der Waals surface area contributed by atoms with E-state index in [1.807, 2.05) is 31.2 Å². The Morgan fingerprint density at radius 1 is 1.28 bits per heavy atom. The first-order valence-corrected chi connectivity index (χ1v) is 9.80. The van der Waals surface area contributed by atoms with Crippen LogP contribution >= 0.6 is 11.8 Å². The van der Waals surface area contributed by atoms with Gasteiger partial charge in [-0.05, 0) is 60.7 Å². The number of rotatable bonds is 7. The summed E-state index contributed by atoms with van der Waals surface area (Å²) in [7, 11) is 0. The molecule has 148 valence electrons. The summed E-state index contributed by atoms with van der Waals surface area (Å²) in [5, 5.41) is 9.64. The van der Waals surface area contributed by atoms with E-state index in [0.29, 0.717) is 28.9 Å². The Morgan fingerprint density at radius 3 is 2.69 bits per heavy atom. The number of benzene rings is 2. The van der Waals surface area contributed by atoms with Gasteiger partial charge in [0.05, 0.1) is 22.8 Å². The maximum absolute atomic E-state index is 12.8. The van der Waals surface area contributed by atoms with Crippen molar-refractivity contribution in [2.45, 2.75) is 6.92 Å². The number of carbonyl (C=O) groups is 2. The second kappa shape index (κ2) is 9.25. The predicted octanol–water partition coefficient (Wildman–Crippen LogP) is 4.57. The third kappa shape index (κ3) is 4.94. The van der Waals surface area contributed by atoms with Crippen molar-refractivity contribution >= 4 is 40.6 Å². The van der Waals surface area contributed by atoms with Crippen LogP contribution in [0.4, 0.5) is 5.69 Å². The van der Waals surface area contributed by atoms with E-state index in [9.17, 15) is 9.59 Å². The predicted molar refractivity (Wildman–Crippen MR) is 116 cm³/mol. The molecule has 0 saturated carbocycles. The van der Waals surface area contributed by atoms with Gasteiger partial charge in [-0.1, -0.05) is 24.3 Å². The number of carboxylic acids is 1. The van der Waals surface area contributed by atoms with Crippen LogP contribution in [0.5, 0.6) is 5.75 Å². The summed E-state index contributed by atoms with van der Waals surface area (Å²) in [5.74, 6) is -0.424. The van der Waals surface area contributed by atoms with Crippen molar-refractivity contribution in [1.82, 2.24) is 4.90 Å². The Hall–Kier alpha value is -3.32. The van der Waals surface area contributed by atoms with E-state index in [4.69, 9.17) is 9.84 Å². The van der Waals surface area contributed by atoms with Gasteiger partial charge in [-0.15, -0.1) is 6.58 Å². The minimum atomic E-state index is -1.03. The normalized spacial score (nSPS) is 16.4. The molecule has 2 aromatic rings. The van der Waals surface area contributed by atoms with Gasteiger partial charge in [0.1, 0.15) is 5.75 Å². The molecule has 29 heavy (non-hydrogen) atoms. The molecule has 1 fully saturated rings. The van der Waals surface area contributed by atoms with E-state index < -0.39 is 5.97 Å². The Balaban J connectivity index is 1.90.